The molecule has 1 aromatic heterocycles. The molecule has 4 atom stereocenters. The second-order valence-corrected chi connectivity index (χ2v) is 6.56. The monoisotopic (exact) mass is 426 g/mol. The summed E-state index contributed by atoms with van der Waals surface area (Å²) in [6.07, 6.45) is -2.03. The number of aliphatic hydroxyl groups excluding tert-OH is 2. The minimum Gasteiger partial charge on any atom is -0.456 e. The van der Waals surface area contributed by atoms with Crippen LogP contribution in [0.5, 0.6) is 0 Å². The van der Waals surface area contributed by atoms with Crippen molar-refractivity contribution in [2.75, 3.05) is 11.4 Å². The molecular formula is C15H24Cl2N4O6. The smallest absolute Gasteiger partial charge is 0.351 e. The lowest BCUT2D eigenvalue weighted by Crippen LogP contribution is -2.48. The van der Waals surface area contributed by atoms with Gasteiger partial charge in [0.2, 0.25) is 0 Å². The Bertz CT molecular complexity index is 657. The molecule has 12 heteroatoms. The maximum atomic E-state index is 12.2. The van der Waals surface area contributed by atoms with E-state index in [1.807, 2.05) is 0 Å². The second kappa shape index (κ2) is 11.4. The Labute approximate surface area is 166 Å². The molecule has 0 fully saturated rings. The first-order chi connectivity index (χ1) is 12.7. The summed E-state index contributed by atoms with van der Waals surface area (Å²) < 4.78 is 11.9. The van der Waals surface area contributed by atoms with Crippen LogP contribution in [0.15, 0.2) is 17.1 Å². The molecule has 3 unspecified atom stereocenters. The van der Waals surface area contributed by atoms with Crippen LogP contribution in [-0.2, 0) is 21.0 Å². The number of halogens is 2. The highest BCUT2D eigenvalue weighted by Gasteiger charge is 2.33. The van der Waals surface area contributed by atoms with Crippen LogP contribution in [0.3, 0.4) is 0 Å². The lowest BCUT2D eigenvalue weighted by molar-refractivity contribution is -0.177. The number of rotatable bonds is 11. The van der Waals surface area contributed by atoms with Crippen molar-refractivity contribution in [2.24, 2.45) is 5.92 Å². The lowest BCUT2D eigenvalue weighted by atomic mass is 10.1. The Kier molecular flexibility index (Phi) is 9.99. The molecule has 0 bridgehead atoms. The fraction of sp³-hybridized carbons (Fsp3) is 0.667. The first kappa shape index (κ1) is 23.6. The molecule has 1 aromatic rings. The summed E-state index contributed by atoms with van der Waals surface area (Å²) in [5.74, 6) is -0.707. The fourth-order valence-corrected chi connectivity index (χ4v) is 2.59. The Balaban J connectivity index is 2.85. The van der Waals surface area contributed by atoms with Crippen LogP contribution in [0.2, 0.25) is 0 Å². The maximum Gasteiger partial charge on any atom is 0.351 e. The molecule has 4 N–H and O–H groups in total. The molecule has 1 heterocycles. The molecule has 0 amide bonds. The van der Waals surface area contributed by atoms with Crippen molar-refractivity contribution >= 4 is 35.3 Å². The van der Waals surface area contributed by atoms with Crippen molar-refractivity contribution in [1.29, 1.82) is 0 Å². The topological polar surface area (TPSA) is 135 Å². The van der Waals surface area contributed by atoms with E-state index >= 15 is 0 Å². The zero-order valence-corrected chi connectivity index (χ0v) is 16.6. The van der Waals surface area contributed by atoms with Gasteiger partial charge in [-0.05, 0) is 30.7 Å². The van der Waals surface area contributed by atoms with Gasteiger partial charge in [0.25, 0.3) is 0 Å². The SMILES string of the molecule is CC(C)C(NCl)C(=O)OC(C(C)O)[C@@H](CO)OCn1ccc(NCl)nc1=O. The van der Waals surface area contributed by atoms with Gasteiger partial charge in [-0.25, -0.2) is 9.63 Å². The first-order valence-corrected chi connectivity index (χ1v) is 8.92. The van der Waals surface area contributed by atoms with E-state index in [0.29, 0.717) is 0 Å². The van der Waals surface area contributed by atoms with Crippen molar-refractivity contribution in [3.8, 4) is 0 Å². The third kappa shape index (κ3) is 6.91. The molecule has 1 rings (SSSR count). The quantitative estimate of drug-likeness (QED) is 0.289. The van der Waals surface area contributed by atoms with E-state index in [2.05, 4.69) is 14.7 Å². The van der Waals surface area contributed by atoms with Crippen LogP contribution in [0, 0.1) is 5.92 Å². The predicted molar refractivity (Wildman–Crippen MR) is 99.1 cm³/mol. The third-order valence-electron chi connectivity index (χ3n) is 3.71. The van der Waals surface area contributed by atoms with E-state index < -0.39 is 42.6 Å². The van der Waals surface area contributed by atoms with E-state index in [0.717, 1.165) is 4.57 Å². The van der Waals surface area contributed by atoms with Crippen molar-refractivity contribution in [2.45, 2.75) is 51.9 Å². The van der Waals surface area contributed by atoms with Crippen molar-refractivity contribution < 1.29 is 24.5 Å². The molecule has 0 saturated heterocycles. The van der Waals surface area contributed by atoms with Gasteiger partial charge >= 0.3 is 11.7 Å². The summed E-state index contributed by atoms with van der Waals surface area (Å²) in [6, 6.07) is 0.631. The molecule has 0 aliphatic carbocycles. The van der Waals surface area contributed by atoms with Crippen LogP contribution >= 0.6 is 23.6 Å². The number of aromatic nitrogens is 2. The molecule has 0 spiro atoms. The molecular weight excluding hydrogens is 403 g/mol. The zero-order valence-electron chi connectivity index (χ0n) is 15.1. The molecule has 154 valence electrons. The summed E-state index contributed by atoms with van der Waals surface area (Å²) >= 11 is 10.9. The molecule has 0 aliphatic heterocycles. The standard InChI is InChI=1S/C15H24Cl2N4O6/c1-8(2)12(20-17)14(24)27-13(9(3)23)10(6-22)26-7-21-5-4-11(19-16)18-15(21)25/h4-5,8-10,12-13,20,22-23H,6-7H2,1-3H3,(H,18,19,25)/t9?,10-,12?,13?/m1/s1. The number of nitrogens with zero attached hydrogens (tertiary/aromatic N) is 2. The Hall–Kier alpha value is -1.43. The minimum absolute atomic E-state index is 0.167. The van der Waals surface area contributed by atoms with Crippen LogP contribution in [-0.4, -0.2) is 56.7 Å². The number of hydrogen-bond acceptors (Lipinski definition) is 9. The average molecular weight is 427 g/mol. The number of esters is 1. The van der Waals surface area contributed by atoms with Gasteiger partial charge in [-0.1, -0.05) is 13.8 Å². The molecule has 0 aromatic carbocycles. The van der Waals surface area contributed by atoms with Crippen molar-refractivity contribution in [3.63, 3.8) is 0 Å². The summed E-state index contributed by atoms with van der Waals surface area (Å²) in [7, 11) is 0. The molecule has 27 heavy (non-hydrogen) atoms. The van der Waals surface area contributed by atoms with Crippen molar-refractivity contribution in [1.82, 2.24) is 14.4 Å². The Morgan fingerprint density at radius 3 is 2.48 bits per heavy atom. The third-order valence-corrected chi connectivity index (χ3v) is 4.14. The summed E-state index contributed by atoms with van der Waals surface area (Å²) in [5.41, 5.74) is -0.644. The van der Waals surface area contributed by atoms with Gasteiger partial charge in [0.15, 0.2) is 6.10 Å². The number of anilines is 1. The number of nitrogens with one attached hydrogen (secondary N) is 2. The van der Waals surface area contributed by atoms with Gasteiger partial charge in [-0.3, -0.25) is 14.2 Å². The highest BCUT2D eigenvalue weighted by Crippen LogP contribution is 2.14. The van der Waals surface area contributed by atoms with Gasteiger partial charge in [0, 0.05) is 18.0 Å². The van der Waals surface area contributed by atoms with Gasteiger partial charge < -0.3 is 19.7 Å². The van der Waals surface area contributed by atoms with E-state index in [1.165, 1.54) is 19.2 Å². The maximum absolute atomic E-state index is 12.2. The zero-order chi connectivity index (χ0) is 20.6. The van der Waals surface area contributed by atoms with E-state index in [4.69, 9.17) is 33.0 Å². The van der Waals surface area contributed by atoms with Gasteiger partial charge in [0.05, 0.1) is 12.7 Å². The Morgan fingerprint density at radius 1 is 1.37 bits per heavy atom. The van der Waals surface area contributed by atoms with Crippen LogP contribution < -0.4 is 15.4 Å². The van der Waals surface area contributed by atoms with Crippen LogP contribution in [0.4, 0.5) is 5.82 Å². The number of carbonyl (C=O) groups excluding carboxylic acids is 1. The highest BCUT2D eigenvalue weighted by atomic mass is 35.5. The first-order valence-electron chi connectivity index (χ1n) is 8.16. The van der Waals surface area contributed by atoms with Crippen LogP contribution in [0.25, 0.3) is 0 Å². The summed E-state index contributed by atoms with van der Waals surface area (Å²) in [6.45, 7) is 4.06. The van der Waals surface area contributed by atoms with Crippen LogP contribution in [0.1, 0.15) is 20.8 Å². The number of hydrogen-bond donors (Lipinski definition) is 4. The summed E-state index contributed by atoms with van der Waals surface area (Å²) in [5, 5.41) is 19.5. The predicted octanol–water partition coefficient (Wildman–Crippen LogP) is 0.205. The second-order valence-electron chi connectivity index (χ2n) is 6.15. The normalized spacial score (nSPS) is 15.9. The largest absolute Gasteiger partial charge is 0.456 e. The molecule has 10 nitrogen and oxygen atoms in total. The van der Waals surface area contributed by atoms with E-state index in [-0.39, 0.29) is 18.5 Å². The van der Waals surface area contributed by atoms with Crippen molar-refractivity contribution in [3.05, 3.63) is 22.7 Å². The lowest BCUT2D eigenvalue weighted by Gasteiger charge is -2.30. The summed E-state index contributed by atoms with van der Waals surface area (Å²) in [4.78, 5) is 32.3. The number of aliphatic hydroxyl groups is 2. The number of carbonyl (C=O) groups is 1. The molecule has 0 aliphatic rings. The van der Waals surface area contributed by atoms with Gasteiger partial charge in [-0.2, -0.15) is 4.98 Å². The minimum atomic E-state index is -1.18. The van der Waals surface area contributed by atoms with Gasteiger partial charge in [-0.15, -0.1) is 0 Å². The molecule has 0 radical (unpaired) electrons. The van der Waals surface area contributed by atoms with E-state index in [1.54, 1.807) is 13.8 Å². The van der Waals surface area contributed by atoms with E-state index in [9.17, 15) is 19.8 Å². The van der Waals surface area contributed by atoms with Gasteiger partial charge in [0.1, 0.15) is 24.7 Å². The molecule has 0 saturated carbocycles. The average Bonchev–Trinajstić information content (AvgIpc) is 2.62. The Morgan fingerprint density at radius 2 is 2.04 bits per heavy atom. The fourth-order valence-electron chi connectivity index (χ4n) is 2.14. The number of ether oxygens (including phenoxy) is 2. The highest BCUT2D eigenvalue weighted by molar-refractivity contribution is 6.23.